The molecule has 1 aromatic rings. The quantitative estimate of drug-likeness (QED) is 0.642. The van der Waals surface area contributed by atoms with Gasteiger partial charge < -0.3 is 4.74 Å². The third kappa shape index (κ3) is 2.82. The number of aryl methyl sites for hydroxylation is 2. The van der Waals surface area contributed by atoms with Gasteiger partial charge in [0.2, 0.25) is 0 Å². The van der Waals surface area contributed by atoms with E-state index in [9.17, 15) is 0 Å². The number of nitrogens with two attached hydrogens (primary N) is 1. The van der Waals surface area contributed by atoms with Gasteiger partial charge in [-0.15, -0.1) is 0 Å². The van der Waals surface area contributed by atoms with Crippen LogP contribution in [0, 0.1) is 31.6 Å². The van der Waals surface area contributed by atoms with Gasteiger partial charge in [0.25, 0.3) is 0 Å². The number of nitrogens with one attached hydrogen (secondary N) is 1. The van der Waals surface area contributed by atoms with Crippen LogP contribution >= 0.6 is 0 Å². The van der Waals surface area contributed by atoms with Gasteiger partial charge in [0.1, 0.15) is 5.75 Å². The maximum absolute atomic E-state index is 5.89. The lowest BCUT2D eigenvalue weighted by molar-refractivity contribution is 0.279. The zero-order chi connectivity index (χ0) is 15.0. The molecule has 2 bridgehead atoms. The highest BCUT2D eigenvalue weighted by molar-refractivity contribution is 5.42. The first-order valence-corrected chi connectivity index (χ1v) is 8.23. The zero-order valence-electron chi connectivity index (χ0n) is 13.5. The number of benzene rings is 1. The molecule has 1 aromatic carbocycles. The van der Waals surface area contributed by atoms with Crippen LogP contribution in [0.15, 0.2) is 12.1 Å². The lowest BCUT2D eigenvalue weighted by Gasteiger charge is -2.28. The Bertz CT molecular complexity index is 514. The molecule has 4 unspecified atom stereocenters. The fraction of sp³-hybridized carbons (Fsp3) is 0.667. The van der Waals surface area contributed by atoms with Crippen molar-refractivity contribution in [2.75, 3.05) is 7.11 Å². The molecular formula is C18H28N2O. The van der Waals surface area contributed by atoms with Gasteiger partial charge in [-0.05, 0) is 80.0 Å². The summed E-state index contributed by atoms with van der Waals surface area (Å²) in [7, 11) is 1.73. The number of hydrazine groups is 1. The molecule has 2 fully saturated rings. The minimum atomic E-state index is 0.263. The molecule has 0 amide bonds. The van der Waals surface area contributed by atoms with E-state index in [4.69, 9.17) is 10.6 Å². The number of ether oxygens (including phenoxy) is 1. The molecule has 3 nitrogen and oxygen atoms in total. The summed E-state index contributed by atoms with van der Waals surface area (Å²) in [6.07, 6.45) is 6.94. The number of fused-ring (bicyclic) bond motifs is 2. The molecule has 2 aliphatic carbocycles. The van der Waals surface area contributed by atoms with Crippen LogP contribution in [0.5, 0.6) is 5.75 Å². The first kappa shape index (κ1) is 14.9. The molecule has 0 radical (unpaired) electrons. The monoisotopic (exact) mass is 288 g/mol. The average molecular weight is 288 g/mol. The van der Waals surface area contributed by atoms with Crippen molar-refractivity contribution in [1.29, 1.82) is 0 Å². The summed E-state index contributed by atoms with van der Waals surface area (Å²) < 4.78 is 5.42. The Morgan fingerprint density at radius 3 is 2.62 bits per heavy atom. The lowest BCUT2D eigenvalue weighted by Crippen LogP contribution is -2.31. The fourth-order valence-electron chi connectivity index (χ4n) is 4.66. The molecule has 0 spiro atoms. The Morgan fingerprint density at radius 2 is 2.05 bits per heavy atom. The molecule has 4 atom stereocenters. The fourth-order valence-corrected chi connectivity index (χ4v) is 4.66. The van der Waals surface area contributed by atoms with Crippen molar-refractivity contribution in [3.8, 4) is 5.75 Å². The van der Waals surface area contributed by atoms with Crippen molar-refractivity contribution < 1.29 is 4.74 Å². The Kier molecular flexibility index (Phi) is 4.23. The number of hydrogen-bond acceptors (Lipinski definition) is 3. The van der Waals surface area contributed by atoms with E-state index in [0.29, 0.717) is 0 Å². The minimum absolute atomic E-state index is 0.263. The second kappa shape index (κ2) is 5.98. The predicted molar refractivity (Wildman–Crippen MR) is 86.1 cm³/mol. The van der Waals surface area contributed by atoms with Crippen molar-refractivity contribution in [3.63, 3.8) is 0 Å². The summed E-state index contributed by atoms with van der Waals surface area (Å²) in [5.74, 6) is 9.65. The first-order valence-electron chi connectivity index (χ1n) is 8.23. The third-order valence-corrected chi connectivity index (χ3v) is 5.78. The van der Waals surface area contributed by atoms with Crippen molar-refractivity contribution in [2.45, 2.75) is 52.0 Å². The molecule has 116 valence electrons. The van der Waals surface area contributed by atoms with Crippen LogP contribution in [-0.2, 0) is 0 Å². The van der Waals surface area contributed by atoms with Gasteiger partial charge in [-0.2, -0.15) is 0 Å². The van der Waals surface area contributed by atoms with E-state index in [1.54, 1.807) is 7.11 Å². The Hall–Kier alpha value is -1.06. The van der Waals surface area contributed by atoms with Crippen LogP contribution in [0.25, 0.3) is 0 Å². The van der Waals surface area contributed by atoms with Crippen molar-refractivity contribution in [1.82, 2.24) is 5.43 Å². The second-order valence-corrected chi connectivity index (χ2v) is 7.07. The second-order valence-electron chi connectivity index (χ2n) is 7.07. The predicted octanol–water partition coefficient (Wildman–Crippen LogP) is 3.64. The zero-order valence-corrected chi connectivity index (χ0v) is 13.5. The molecule has 2 saturated carbocycles. The first-order chi connectivity index (χ1) is 10.1. The molecule has 21 heavy (non-hydrogen) atoms. The van der Waals surface area contributed by atoms with Crippen molar-refractivity contribution >= 4 is 0 Å². The third-order valence-electron chi connectivity index (χ3n) is 5.78. The summed E-state index contributed by atoms with van der Waals surface area (Å²) in [5.41, 5.74) is 6.86. The highest BCUT2D eigenvalue weighted by Gasteiger charge is 2.40. The lowest BCUT2D eigenvalue weighted by atomic mass is 9.82. The minimum Gasteiger partial charge on any atom is -0.496 e. The standard InChI is InChI=1S/C18H28N2O/c1-11-7-18(21-3)12(2)6-16(11)17(20-19)10-15-9-13-4-5-14(15)8-13/h6-7,13-15,17,20H,4-5,8-10,19H2,1-3H3. The highest BCUT2D eigenvalue weighted by Crippen LogP contribution is 2.51. The summed E-state index contributed by atoms with van der Waals surface area (Å²) in [4.78, 5) is 0. The van der Waals surface area contributed by atoms with Gasteiger partial charge in [0.15, 0.2) is 0 Å². The van der Waals surface area contributed by atoms with Gasteiger partial charge in [0, 0.05) is 6.04 Å². The van der Waals surface area contributed by atoms with E-state index >= 15 is 0 Å². The van der Waals surface area contributed by atoms with E-state index in [2.05, 4.69) is 31.4 Å². The molecule has 0 aliphatic heterocycles. The Balaban J connectivity index is 1.78. The number of hydrogen-bond donors (Lipinski definition) is 2. The van der Waals surface area contributed by atoms with Crippen molar-refractivity contribution in [2.24, 2.45) is 23.6 Å². The largest absolute Gasteiger partial charge is 0.496 e. The van der Waals surface area contributed by atoms with Gasteiger partial charge in [0.05, 0.1) is 7.11 Å². The van der Waals surface area contributed by atoms with E-state index < -0.39 is 0 Å². The SMILES string of the molecule is COc1cc(C)c(C(CC2CC3CCC2C3)NN)cc1C. The highest BCUT2D eigenvalue weighted by atomic mass is 16.5. The molecule has 0 aromatic heterocycles. The van der Waals surface area contributed by atoms with Gasteiger partial charge in [-0.25, -0.2) is 0 Å². The molecule has 0 heterocycles. The normalized spacial score (nSPS) is 28.9. The molecule has 3 heteroatoms. The summed E-state index contributed by atoms with van der Waals surface area (Å²) in [6.45, 7) is 4.26. The van der Waals surface area contributed by atoms with Crippen LogP contribution in [0.2, 0.25) is 0 Å². The van der Waals surface area contributed by atoms with Gasteiger partial charge in [-0.1, -0.05) is 12.5 Å². The van der Waals surface area contributed by atoms with Crippen LogP contribution < -0.4 is 16.0 Å². The molecule has 3 N–H and O–H groups in total. The Morgan fingerprint density at radius 1 is 1.24 bits per heavy atom. The van der Waals surface area contributed by atoms with Crippen LogP contribution in [0.3, 0.4) is 0 Å². The van der Waals surface area contributed by atoms with E-state index in [1.807, 2.05) is 0 Å². The van der Waals surface area contributed by atoms with Crippen LogP contribution in [0.1, 0.15) is 54.8 Å². The molecule has 0 saturated heterocycles. The van der Waals surface area contributed by atoms with Crippen LogP contribution in [-0.4, -0.2) is 7.11 Å². The van der Waals surface area contributed by atoms with Gasteiger partial charge in [-0.3, -0.25) is 11.3 Å². The Labute approximate surface area is 128 Å². The van der Waals surface area contributed by atoms with E-state index in [1.165, 1.54) is 48.8 Å². The summed E-state index contributed by atoms with van der Waals surface area (Å²) in [5, 5.41) is 0. The molecule has 3 rings (SSSR count). The van der Waals surface area contributed by atoms with E-state index in [0.717, 1.165) is 23.5 Å². The number of methoxy groups -OCH3 is 1. The summed E-state index contributed by atoms with van der Waals surface area (Å²) in [6, 6.07) is 4.64. The molecule has 2 aliphatic rings. The average Bonchev–Trinajstić information content (AvgIpc) is 3.09. The molecular weight excluding hydrogens is 260 g/mol. The van der Waals surface area contributed by atoms with Crippen molar-refractivity contribution in [3.05, 3.63) is 28.8 Å². The maximum Gasteiger partial charge on any atom is 0.122 e. The smallest absolute Gasteiger partial charge is 0.122 e. The summed E-state index contributed by atoms with van der Waals surface area (Å²) >= 11 is 0. The topological polar surface area (TPSA) is 47.3 Å². The van der Waals surface area contributed by atoms with Crippen LogP contribution in [0.4, 0.5) is 0 Å². The number of rotatable bonds is 5. The van der Waals surface area contributed by atoms with Gasteiger partial charge >= 0.3 is 0 Å². The van der Waals surface area contributed by atoms with E-state index in [-0.39, 0.29) is 6.04 Å². The maximum atomic E-state index is 5.89.